The SMILES string of the molecule is CSc1nc(C2CC2)cc(C(=O)OCC(=O)c2cn(CCC#N)c3ccccc23)c1C#N. The molecule has 7 nitrogen and oxygen atoms in total. The van der Waals surface area contributed by atoms with Crippen LogP contribution in [0.4, 0.5) is 0 Å². The van der Waals surface area contributed by atoms with Gasteiger partial charge in [0.25, 0.3) is 0 Å². The monoisotopic (exact) mass is 444 g/mol. The van der Waals surface area contributed by atoms with Crippen LogP contribution >= 0.6 is 11.8 Å². The zero-order chi connectivity index (χ0) is 22.7. The molecule has 8 heteroatoms. The molecule has 0 atom stereocenters. The van der Waals surface area contributed by atoms with Crippen molar-refractivity contribution in [3.8, 4) is 12.1 Å². The molecule has 1 saturated carbocycles. The molecule has 3 aromatic rings. The van der Waals surface area contributed by atoms with E-state index in [2.05, 4.69) is 17.1 Å². The van der Waals surface area contributed by atoms with Crippen LogP contribution in [0.3, 0.4) is 0 Å². The summed E-state index contributed by atoms with van der Waals surface area (Å²) >= 11 is 1.31. The molecule has 0 aliphatic heterocycles. The number of aryl methyl sites for hydroxylation is 1. The van der Waals surface area contributed by atoms with Gasteiger partial charge in [0.15, 0.2) is 6.61 Å². The van der Waals surface area contributed by atoms with E-state index in [-0.39, 0.29) is 16.9 Å². The van der Waals surface area contributed by atoms with Crippen LogP contribution in [0.25, 0.3) is 10.9 Å². The summed E-state index contributed by atoms with van der Waals surface area (Å²) in [7, 11) is 0. The van der Waals surface area contributed by atoms with Crippen molar-refractivity contribution in [3.05, 3.63) is 58.9 Å². The van der Waals surface area contributed by atoms with Crippen LogP contribution in [0, 0.1) is 22.7 Å². The highest BCUT2D eigenvalue weighted by Crippen LogP contribution is 2.40. The van der Waals surface area contributed by atoms with Gasteiger partial charge in [-0.1, -0.05) is 18.2 Å². The minimum Gasteiger partial charge on any atom is -0.454 e. The lowest BCUT2D eigenvalue weighted by Crippen LogP contribution is -2.16. The molecule has 1 aliphatic carbocycles. The molecule has 0 unspecified atom stereocenters. The molecule has 4 rings (SSSR count). The number of rotatable bonds is 8. The molecule has 0 N–H and O–H groups in total. The molecule has 0 radical (unpaired) electrons. The van der Waals surface area contributed by atoms with Crippen molar-refractivity contribution in [2.24, 2.45) is 0 Å². The first-order chi connectivity index (χ1) is 15.6. The number of nitrogens with zero attached hydrogens (tertiary/aromatic N) is 4. The Hall–Kier alpha value is -3.62. The molecule has 1 aromatic carbocycles. The van der Waals surface area contributed by atoms with Gasteiger partial charge >= 0.3 is 5.97 Å². The number of hydrogen-bond donors (Lipinski definition) is 0. The predicted molar refractivity (Wildman–Crippen MR) is 119 cm³/mol. The molecule has 160 valence electrons. The first-order valence-corrected chi connectivity index (χ1v) is 11.4. The van der Waals surface area contributed by atoms with Crippen LogP contribution in [-0.4, -0.2) is 34.2 Å². The van der Waals surface area contributed by atoms with Gasteiger partial charge in [-0.3, -0.25) is 4.79 Å². The van der Waals surface area contributed by atoms with Crippen molar-refractivity contribution in [1.82, 2.24) is 9.55 Å². The fourth-order valence-electron chi connectivity index (χ4n) is 3.66. The van der Waals surface area contributed by atoms with Crippen LogP contribution in [0.1, 0.15) is 57.2 Å². The number of ether oxygens (including phenoxy) is 1. The Morgan fingerprint density at radius 2 is 2.03 bits per heavy atom. The van der Waals surface area contributed by atoms with Gasteiger partial charge in [0, 0.05) is 40.8 Å². The number of Topliss-reactive ketones (excluding diaryl/α,β-unsaturated/α-hetero) is 1. The van der Waals surface area contributed by atoms with Crippen molar-refractivity contribution in [2.75, 3.05) is 12.9 Å². The zero-order valence-electron chi connectivity index (χ0n) is 17.5. The van der Waals surface area contributed by atoms with Crippen molar-refractivity contribution in [2.45, 2.75) is 36.8 Å². The average Bonchev–Trinajstić information content (AvgIpc) is 3.61. The highest BCUT2D eigenvalue weighted by atomic mass is 32.2. The van der Waals surface area contributed by atoms with E-state index in [4.69, 9.17) is 10.00 Å². The number of hydrogen-bond acceptors (Lipinski definition) is 7. The maximum atomic E-state index is 12.9. The summed E-state index contributed by atoms with van der Waals surface area (Å²) < 4.78 is 7.20. The van der Waals surface area contributed by atoms with Crippen molar-refractivity contribution < 1.29 is 14.3 Å². The minimum absolute atomic E-state index is 0.151. The lowest BCUT2D eigenvalue weighted by Gasteiger charge is -2.10. The topological polar surface area (TPSA) is 109 Å². The Kier molecular flexibility index (Phi) is 6.25. The number of nitriles is 2. The van der Waals surface area contributed by atoms with Gasteiger partial charge in [-0.25, -0.2) is 9.78 Å². The van der Waals surface area contributed by atoms with E-state index in [0.717, 1.165) is 29.4 Å². The number of aromatic nitrogens is 2. The molecular formula is C24H20N4O3S. The van der Waals surface area contributed by atoms with E-state index in [1.54, 1.807) is 18.5 Å². The van der Waals surface area contributed by atoms with Gasteiger partial charge in [0.05, 0.1) is 23.6 Å². The van der Waals surface area contributed by atoms with Crippen LogP contribution in [0.15, 0.2) is 41.6 Å². The van der Waals surface area contributed by atoms with Crippen LogP contribution in [-0.2, 0) is 11.3 Å². The summed E-state index contributed by atoms with van der Waals surface area (Å²) in [6.45, 7) is 0.0275. The van der Waals surface area contributed by atoms with Crippen LogP contribution < -0.4 is 0 Å². The third-order valence-electron chi connectivity index (χ3n) is 5.41. The number of thioether (sulfide) groups is 1. The van der Waals surface area contributed by atoms with E-state index in [9.17, 15) is 14.9 Å². The van der Waals surface area contributed by atoms with Gasteiger partial charge in [-0.2, -0.15) is 10.5 Å². The Labute approximate surface area is 189 Å². The quantitative estimate of drug-likeness (QED) is 0.287. The number of carbonyl (C=O) groups excluding carboxylic acids is 2. The lowest BCUT2D eigenvalue weighted by molar-refractivity contribution is 0.0474. The zero-order valence-corrected chi connectivity index (χ0v) is 18.3. The Balaban J connectivity index is 1.57. The fourth-order valence-corrected chi connectivity index (χ4v) is 4.21. The van der Waals surface area contributed by atoms with Gasteiger partial charge < -0.3 is 9.30 Å². The summed E-state index contributed by atoms with van der Waals surface area (Å²) in [5.41, 5.74) is 2.39. The first-order valence-electron chi connectivity index (χ1n) is 10.2. The number of ketones is 1. The van der Waals surface area contributed by atoms with E-state index in [1.165, 1.54) is 11.8 Å². The van der Waals surface area contributed by atoms with Crippen molar-refractivity contribution in [1.29, 1.82) is 10.5 Å². The summed E-state index contributed by atoms with van der Waals surface area (Å²) in [4.78, 5) is 30.2. The predicted octanol–water partition coefficient (Wildman–Crippen LogP) is 4.46. The van der Waals surface area contributed by atoms with E-state index < -0.39 is 12.6 Å². The third-order valence-corrected chi connectivity index (χ3v) is 6.10. The summed E-state index contributed by atoms with van der Waals surface area (Å²) in [6, 6.07) is 13.2. The fraction of sp³-hybridized carbons (Fsp3) is 0.292. The molecule has 0 amide bonds. The number of para-hydroxylation sites is 1. The molecular weight excluding hydrogens is 424 g/mol. The second kappa shape index (κ2) is 9.25. The van der Waals surface area contributed by atoms with Gasteiger partial charge in [-0.05, 0) is 31.2 Å². The average molecular weight is 445 g/mol. The lowest BCUT2D eigenvalue weighted by atomic mass is 10.1. The minimum atomic E-state index is -0.706. The number of fused-ring (bicyclic) bond motifs is 1. The van der Waals surface area contributed by atoms with Crippen LogP contribution in [0.2, 0.25) is 0 Å². The molecule has 0 saturated heterocycles. The maximum Gasteiger partial charge on any atom is 0.340 e. The van der Waals surface area contributed by atoms with Crippen molar-refractivity contribution >= 4 is 34.4 Å². The van der Waals surface area contributed by atoms with Gasteiger partial charge in [0.1, 0.15) is 11.1 Å². The van der Waals surface area contributed by atoms with Gasteiger partial charge in [-0.15, -0.1) is 11.8 Å². The largest absolute Gasteiger partial charge is 0.454 e. The maximum absolute atomic E-state index is 12.9. The number of esters is 1. The Bertz CT molecular complexity index is 1300. The first kappa shape index (κ1) is 21.6. The third kappa shape index (κ3) is 4.23. The highest BCUT2D eigenvalue weighted by molar-refractivity contribution is 7.98. The second-order valence-corrected chi connectivity index (χ2v) is 8.32. The second-order valence-electron chi connectivity index (χ2n) is 7.53. The van der Waals surface area contributed by atoms with E-state index >= 15 is 0 Å². The number of carbonyl (C=O) groups is 2. The van der Waals surface area contributed by atoms with Gasteiger partial charge in [0.2, 0.25) is 5.78 Å². The molecule has 1 fully saturated rings. The number of pyridine rings is 1. The normalized spacial score (nSPS) is 12.8. The summed E-state index contributed by atoms with van der Waals surface area (Å²) in [6.07, 6.45) is 5.84. The molecule has 0 bridgehead atoms. The van der Waals surface area contributed by atoms with Crippen LogP contribution in [0.5, 0.6) is 0 Å². The highest BCUT2D eigenvalue weighted by Gasteiger charge is 2.29. The Morgan fingerprint density at radius 3 is 2.72 bits per heavy atom. The number of benzene rings is 1. The molecule has 2 aromatic heterocycles. The summed E-state index contributed by atoms with van der Waals surface area (Å²) in [5.74, 6) is -0.741. The van der Waals surface area contributed by atoms with E-state index in [0.29, 0.717) is 29.5 Å². The standard InChI is InChI=1S/C24H20N4O3S/c1-32-23-18(12-26)17(11-20(27-23)15-7-8-15)24(30)31-14-22(29)19-13-28(10-4-9-25)21-6-3-2-5-16(19)21/h2-3,5-6,11,13,15H,4,7-8,10,14H2,1H3. The summed E-state index contributed by atoms with van der Waals surface area (Å²) in [5, 5.41) is 19.7. The van der Waals surface area contributed by atoms with Crippen molar-refractivity contribution in [3.63, 3.8) is 0 Å². The molecule has 2 heterocycles. The Morgan fingerprint density at radius 1 is 1.25 bits per heavy atom. The molecule has 0 spiro atoms. The molecule has 32 heavy (non-hydrogen) atoms. The molecule has 1 aliphatic rings. The van der Waals surface area contributed by atoms with E-state index in [1.807, 2.05) is 28.8 Å². The smallest absolute Gasteiger partial charge is 0.340 e.